The molecule has 1 N–H and O–H groups in total. The van der Waals surface area contributed by atoms with Crippen LogP contribution in [0.2, 0.25) is 0 Å². The standard InChI is InChI=1S/C24H32BrN3O4S/c1-3-4-5-6-17-32-23-12-7-19(25)18-22(23)24(29)26-20-8-10-21(11-9-20)33(30,31)28-15-13-27(2)14-16-28/h7-12,18H,3-6,13-17H2,1-2H3,(H,26,29). The Hall–Kier alpha value is -1.94. The van der Waals surface area contributed by atoms with Gasteiger partial charge in [0.05, 0.1) is 17.1 Å². The van der Waals surface area contributed by atoms with Crippen molar-refractivity contribution in [2.24, 2.45) is 0 Å². The molecule has 0 radical (unpaired) electrons. The van der Waals surface area contributed by atoms with Gasteiger partial charge >= 0.3 is 0 Å². The highest BCUT2D eigenvalue weighted by Gasteiger charge is 2.27. The molecule has 0 aliphatic carbocycles. The molecule has 1 saturated heterocycles. The van der Waals surface area contributed by atoms with E-state index < -0.39 is 10.0 Å². The first-order valence-electron chi connectivity index (χ1n) is 11.3. The number of rotatable bonds is 10. The first-order chi connectivity index (χ1) is 15.8. The number of benzene rings is 2. The van der Waals surface area contributed by atoms with Crippen molar-refractivity contribution in [1.29, 1.82) is 0 Å². The smallest absolute Gasteiger partial charge is 0.259 e. The van der Waals surface area contributed by atoms with Crippen LogP contribution in [0.5, 0.6) is 5.75 Å². The molecule has 180 valence electrons. The maximum absolute atomic E-state index is 12.9. The van der Waals surface area contributed by atoms with Gasteiger partial charge in [-0.1, -0.05) is 42.1 Å². The van der Waals surface area contributed by atoms with E-state index in [1.165, 1.54) is 16.4 Å². The Morgan fingerprint density at radius 3 is 2.39 bits per heavy atom. The zero-order valence-corrected chi connectivity index (χ0v) is 21.6. The molecule has 1 aliphatic heterocycles. The maximum atomic E-state index is 12.9. The Morgan fingerprint density at radius 1 is 1.03 bits per heavy atom. The first-order valence-corrected chi connectivity index (χ1v) is 13.6. The van der Waals surface area contributed by atoms with Crippen molar-refractivity contribution in [2.75, 3.05) is 45.2 Å². The third-order valence-corrected chi connectivity index (χ3v) is 8.06. The molecule has 1 fully saturated rings. The summed E-state index contributed by atoms with van der Waals surface area (Å²) in [7, 11) is -1.56. The predicted molar refractivity (Wildman–Crippen MR) is 134 cm³/mol. The van der Waals surface area contributed by atoms with Gasteiger partial charge in [-0.15, -0.1) is 0 Å². The molecule has 0 atom stereocenters. The van der Waals surface area contributed by atoms with E-state index in [1.807, 2.05) is 13.1 Å². The summed E-state index contributed by atoms with van der Waals surface area (Å²) < 4.78 is 33.9. The van der Waals surface area contributed by atoms with Gasteiger partial charge in [0.1, 0.15) is 5.75 Å². The summed E-state index contributed by atoms with van der Waals surface area (Å²) in [5, 5.41) is 2.85. The van der Waals surface area contributed by atoms with E-state index in [2.05, 4.69) is 33.1 Å². The van der Waals surface area contributed by atoms with Crippen molar-refractivity contribution in [3.8, 4) is 5.75 Å². The second kappa shape index (κ2) is 12.0. The number of hydrogen-bond acceptors (Lipinski definition) is 5. The molecule has 0 unspecified atom stereocenters. The summed E-state index contributed by atoms with van der Waals surface area (Å²) in [6.45, 7) is 5.09. The minimum atomic E-state index is -3.54. The van der Waals surface area contributed by atoms with E-state index in [4.69, 9.17) is 4.74 Å². The fourth-order valence-electron chi connectivity index (χ4n) is 3.60. The molecule has 1 amide bonds. The molecule has 2 aromatic rings. The lowest BCUT2D eigenvalue weighted by Gasteiger charge is -2.31. The number of anilines is 1. The van der Waals surface area contributed by atoms with E-state index >= 15 is 0 Å². The number of likely N-dealkylation sites (N-methyl/N-ethyl adjacent to an activating group) is 1. The summed E-state index contributed by atoms with van der Waals surface area (Å²) in [4.78, 5) is 15.3. The topological polar surface area (TPSA) is 78.9 Å². The fourth-order valence-corrected chi connectivity index (χ4v) is 5.39. The highest BCUT2D eigenvalue weighted by molar-refractivity contribution is 9.10. The van der Waals surface area contributed by atoms with Gasteiger partial charge in [0.2, 0.25) is 10.0 Å². The van der Waals surface area contributed by atoms with E-state index in [0.29, 0.717) is 49.8 Å². The Bertz CT molecular complexity index is 1040. The molecule has 1 heterocycles. The Kier molecular flexibility index (Phi) is 9.31. The number of piperazine rings is 1. The molecular weight excluding hydrogens is 506 g/mol. The molecule has 7 nitrogen and oxygen atoms in total. The normalized spacial score (nSPS) is 15.4. The molecule has 0 spiro atoms. The van der Waals surface area contributed by atoms with Crippen molar-refractivity contribution in [1.82, 2.24) is 9.21 Å². The first kappa shape index (κ1) is 25.7. The number of hydrogen-bond donors (Lipinski definition) is 1. The van der Waals surface area contributed by atoms with Crippen LogP contribution < -0.4 is 10.1 Å². The molecule has 33 heavy (non-hydrogen) atoms. The lowest BCUT2D eigenvalue weighted by atomic mass is 10.1. The van der Waals surface area contributed by atoms with Crippen LogP contribution in [0.15, 0.2) is 51.8 Å². The largest absolute Gasteiger partial charge is 0.493 e. The fraction of sp³-hybridized carbons (Fsp3) is 0.458. The van der Waals surface area contributed by atoms with Crippen LogP contribution in [0.25, 0.3) is 0 Å². The molecule has 3 rings (SSSR count). The SMILES string of the molecule is CCCCCCOc1ccc(Br)cc1C(=O)Nc1ccc(S(=O)(=O)N2CCN(C)CC2)cc1. The second-order valence-corrected chi connectivity index (χ2v) is 11.1. The Morgan fingerprint density at radius 2 is 1.73 bits per heavy atom. The van der Waals surface area contributed by atoms with Crippen molar-refractivity contribution >= 4 is 37.5 Å². The molecule has 0 aromatic heterocycles. The molecule has 0 bridgehead atoms. The average molecular weight is 539 g/mol. The molecule has 2 aromatic carbocycles. The summed E-state index contributed by atoms with van der Waals surface area (Å²) in [6.07, 6.45) is 4.35. The Labute approximate surface area is 205 Å². The van der Waals surface area contributed by atoms with Crippen LogP contribution in [0.1, 0.15) is 43.0 Å². The van der Waals surface area contributed by atoms with Gasteiger partial charge < -0.3 is 15.0 Å². The highest BCUT2D eigenvalue weighted by Crippen LogP contribution is 2.26. The van der Waals surface area contributed by atoms with Gasteiger partial charge in [-0.25, -0.2) is 8.42 Å². The third kappa shape index (κ3) is 7.02. The third-order valence-electron chi connectivity index (χ3n) is 5.65. The number of nitrogens with zero attached hydrogens (tertiary/aromatic N) is 2. The summed E-state index contributed by atoms with van der Waals surface area (Å²) in [5.41, 5.74) is 0.945. The van der Waals surface area contributed by atoms with Crippen molar-refractivity contribution in [3.63, 3.8) is 0 Å². The summed E-state index contributed by atoms with van der Waals surface area (Å²) in [5.74, 6) is 0.219. The average Bonchev–Trinajstić information content (AvgIpc) is 2.80. The monoisotopic (exact) mass is 537 g/mol. The van der Waals surface area contributed by atoms with Crippen molar-refractivity contribution in [2.45, 2.75) is 37.5 Å². The number of unbranched alkanes of at least 4 members (excludes halogenated alkanes) is 3. The zero-order valence-electron chi connectivity index (χ0n) is 19.2. The summed E-state index contributed by atoms with van der Waals surface area (Å²) >= 11 is 3.42. The zero-order chi connectivity index (χ0) is 23.8. The second-order valence-electron chi connectivity index (χ2n) is 8.24. The van der Waals surface area contributed by atoms with Crippen LogP contribution in [-0.4, -0.2) is 63.4 Å². The molecule has 1 aliphatic rings. The number of carbonyl (C=O) groups is 1. The van der Waals surface area contributed by atoms with Gasteiger partial charge in [-0.05, 0) is 55.9 Å². The minimum Gasteiger partial charge on any atom is -0.493 e. The number of amides is 1. The molecule has 0 saturated carbocycles. The van der Waals surface area contributed by atoms with Crippen molar-refractivity contribution in [3.05, 3.63) is 52.5 Å². The summed E-state index contributed by atoms with van der Waals surface area (Å²) in [6, 6.07) is 11.7. The van der Waals surface area contributed by atoms with Crippen LogP contribution in [-0.2, 0) is 10.0 Å². The predicted octanol–water partition coefficient (Wildman–Crippen LogP) is 4.60. The number of carbonyl (C=O) groups excluding carboxylic acids is 1. The van der Waals surface area contributed by atoms with E-state index in [0.717, 1.165) is 30.2 Å². The van der Waals surface area contributed by atoms with Gasteiger partial charge in [0.25, 0.3) is 5.91 Å². The lowest BCUT2D eigenvalue weighted by Crippen LogP contribution is -2.46. The Balaban J connectivity index is 1.66. The van der Waals surface area contributed by atoms with Gasteiger partial charge in [0.15, 0.2) is 0 Å². The highest BCUT2D eigenvalue weighted by atomic mass is 79.9. The number of ether oxygens (including phenoxy) is 1. The number of nitrogens with one attached hydrogen (secondary N) is 1. The van der Waals surface area contributed by atoms with E-state index in [9.17, 15) is 13.2 Å². The van der Waals surface area contributed by atoms with Gasteiger partial charge in [-0.2, -0.15) is 4.31 Å². The maximum Gasteiger partial charge on any atom is 0.259 e. The van der Waals surface area contributed by atoms with Crippen molar-refractivity contribution < 1.29 is 17.9 Å². The van der Waals surface area contributed by atoms with Gasteiger partial charge in [-0.3, -0.25) is 4.79 Å². The molecule has 9 heteroatoms. The quantitative estimate of drug-likeness (QED) is 0.448. The van der Waals surface area contributed by atoms with Crippen LogP contribution >= 0.6 is 15.9 Å². The number of halogens is 1. The van der Waals surface area contributed by atoms with Gasteiger partial charge in [0, 0.05) is 36.3 Å². The van der Waals surface area contributed by atoms with Crippen LogP contribution in [0, 0.1) is 0 Å². The lowest BCUT2D eigenvalue weighted by molar-refractivity contribution is 0.102. The molecular formula is C24H32BrN3O4S. The van der Waals surface area contributed by atoms with E-state index in [1.54, 1.807) is 24.3 Å². The van der Waals surface area contributed by atoms with Crippen LogP contribution in [0.4, 0.5) is 5.69 Å². The van der Waals surface area contributed by atoms with Crippen LogP contribution in [0.3, 0.4) is 0 Å². The minimum absolute atomic E-state index is 0.226. The number of sulfonamides is 1. The van der Waals surface area contributed by atoms with E-state index in [-0.39, 0.29) is 10.8 Å².